The Balaban J connectivity index is 2.15. The Morgan fingerprint density at radius 1 is 1.38 bits per heavy atom. The van der Waals surface area contributed by atoms with Gasteiger partial charge in [-0.2, -0.15) is 13.2 Å². The molecule has 0 fully saturated rings. The first kappa shape index (κ1) is 15.7. The van der Waals surface area contributed by atoms with Crippen LogP contribution in [-0.4, -0.2) is 24.2 Å². The molecule has 116 valence electrons. The Kier molecular flexibility index (Phi) is 4.16. The van der Waals surface area contributed by atoms with Crippen molar-refractivity contribution >= 4 is 11.6 Å². The number of nitrogens with zero attached hydrogens (tertiary/aromatic N) is 2. The van der Waals surface area contributed by atoms with Gasteiger partial charge < -0.3 is 10.6 Å². The molecule has 0 aromatic heterocycles. The number of halogens is 3. The van der Waals surface area contributed by atoms with E-state index in [9.17, 15) is 13.2 Å². The van der Waals surface area contributed by atoms with E-state index in [2.05, 4.69) is 4.99 Å². The summed E-state index contributed by atoms with van der Waals surface area (Å²) in [6.45, 7) is 4.30. The van der Waals surface area contributed by atoms with E-state index in [0.717, 1.165) is 11.3 Å². The molecule has 6 heteroatoms. The SMILES string of the molecule is Cc1cccc(N2C(N)=NCC2(C)CCCC(F)(F)F)c1. The number of nitrogens with two attached hydrogens (primary N) is 1. The first-order valence-corrected chi connectivity index (χ1v) is 6.95. The van der Waals surface area contributed by atoms with Gasteiger partial charge in [0.1, 0.15) is 0 Å². The monoisotopic (exact) mass is 299 g/mol. The number of hydrogen-bond acceptors (Lipinski definition) is 3. The lowest BCUT2D eigenvalue weighted by molar-refractivity contribution is -0.136. The van der Waals surface area contributed by atoms with Gasteiger partial charge in [-0.15, -0.1) is 0 Å². The zero-order valence-electron chi connectivity index (χ0n) is 12.2. The van der Waals surface area contributed by atoms with Crippen molar-refractivity contribution in [2.75, 3.05) is 11.4 Å². The number of guanidine groups is 1. The molecule has 1 heterocycles. The van der Waals surface area contributed by atoms with Gasteiger partial charge in [-0.25, -0.2) is 0 Å². The number of anilines is 1. The molecule has 0 saturated carbocycles. The Hall–Kier alpha value is -1.72. The summed E-state index contributed by atoms with van der Waals surface area (Å²) in [7, 11) is 0. The molecule has 0 aliphatic carbocycles. The van der Waals surface area contributed by atoms with Gasteiger partial charge in [0.15, 0.2) is 5.96 Å². The summed E-state index contributed by atoms with van der Waals surface area (Å²) in [5.41, 5.74) is 7.40. The van der Waals surface area contributed by atoms with E-state index in [4.69, 9.17) is 5.73 Å². The lowest BCUT2D eigenvalue weighted by Crippen LogP contribution is -2.50. The standard InChI is InChI=1S/C15H20F3N3/c1-11-5-3-6-12(9-11)21-13(19)20-10-14(21,2)7-4-8-15(16,17)18/h3,5-6,9H,4,7-8,10H2,1-2H3,(H2,19,20). The number of aliphatic imine (C=N–C) groups is 1. The average Bonchev–Trinajstić information content (AvgIpc) is 2.64. The van der Waals surface area contributed by atoms with Crippen LogP contribution in [0.3, 0.4) is 0 Å². The van der Waals surface area contributed by atoms with E-state index in [1.165, 1.54) is 0 Å². The molecule has 1 aromatic carbocycles. The molecule has 1 unspecified atom stereocenters. The van der Waals surface area contributed by atoms with Crippen molar-refractivity contribution in [2.45, 2.75) is 44.8 Å². The number of aryl methyl sites for hydroxylation is 1. The number of alkyl halides is 3. The van der Waals surface area contributed by atoms with Crippen LogP contribution >= 0.6 is 0 Å². The topological polar surface area (TPSA) is 41.6 Å². The van der Waals surface area contributed by atoms with Crippen LogP contribution in [0.2, 0.25) is 0 Å². The second-order valence-corrected chi connectivity index (χ2v) is 5.81. The largest absolute Gasteiger partial charge is 0.389 e. The van der Waals surface area contributed by atoms with Crippen LogP contribution in [0.15, 0.2) is 29.3 Å². The van der Waals surface area contributed by atoms with Gasteiger partial charge in [-0.1, -0.05) is 12.1 Å². The predicted molar refractivity (Wildman–Crippen MR) is 78.5 cm³/mol. The fourth-order valence-corrected chi connectivity index (χ4v) is 2.74. The fraction of sp³-hybridized carbons (Fsp3) is 0.533. The van der Waals surface area contributed by atoms with Crippen molar-refractivity contribution in [1.82, 2.24) is 0 Å². The molecule has 1 aliphatic heterocycles. The summed E-state index contributed by atoms with van der Waals surface area (Å²) in [4.78, 5) is 6.09. The normalized spacial score (nSPS) is 22.5. The molecule has 0 saturated heterocycles. The first-order valence-electron chi connectivity index (χ1n) is 6.95. The highest BCUT2D eigenvalue weighted by atomic mass is 19.4. The molecule has 1 aromatic rings. The maximum absolute atomic E-state index is 12.3. The van der Waals surface area contributed by atoms with Crippen molar-refractivity contribution < 1.29 is 13.2 Å². The van der Waals surface area contributed by atoms with E-state index in [-0.39, 0.29) is 6.42 Å². The molecule has 2 rings (SSSR count). The molecule has 0 spiro atoms. The van der Waals surface area contributed by atoms with Crippen LogP contribution in [-0.2, 0) is 0 Å². The maximum Gasteiger partial charge on any atom is 0.389 e. The van der Waals surface area contributed by atoms with Crippen LogP contribution in [0.1, 0.15) is 31.7 Å². The van der Waals surface area contributed by atoms with E-state index >= 15 is 0 Å². The molecular weight excluding hydrogens is 279 g/mol. The summed E-state index contributed by atoms with van der Waals surface area (Å²) in [6.07, 6.45) is -4.42. The molecule has 0 amide bonds. The van der Waals surface area contributed by atoms with Gasteiger partial charge >= 0.3 is 6.18 Å². The van der Waals surface area contributed by atoms with Crippen molar-refractivity contribution in [1.29, 1.82) is 0 Å². The molecular formula is C15H20F3N3. The van der Waals surface area contributed by atoms with E-state index in [1.54, 1.807) is 0 Å². The van der Waals surface area contributed by atoms with Gasteiger partial charge in [0.25, 0.3) is 0 Å². The van der Waals surface area contributed by atoms with E-state index < -0.39 is 18.1 Å². The number of rotatable bonds is 4. The summed E-state index contributed by atoms with van der Waals surface area (Å²) < 4.78 is 37.0. The van der Waals surface area contributed by atoms with Crippen LogP contribution in [0, 0.1) is 6.92 Å². The third-order valence-electron chi connectivity index (χ3n) is 3.79. The van der Waals surface area contributed by atoms with Gasteiger partial charge in [0.2, 0.25) is 0 Å². The Bertz CT molecular complexity index is 539. The van der Waals surface area contributed by atoms with Crippen molar-refractivity contribution in [3.05, 3.63) is 29.8 Å². The van der Waals surface area contributed by atoms with E-state index in [0.29, 0.717) is 18.9 Å². The highest BCUT2D eigenvalue weighted by molar-refractivity contribution is 5.98. The van der Waals surface area contributed by atoms with Crippen LogP contribution in [0.25, 0.3) is 0 Å². The fourth-order valence-electron chi connectivity index (χ4n) is 2.74. The summed E-state index contributed by atoms with van der Waals surface area (Å²) in [5, 5.41) is 0. The molecule has 1 atom stereocenters. The van der Waals surface area contributed by atoms with Crippen molar-refractivity contribution in [3.8, 4) is 0 Å². The molecule has 1 aliphatic rings. The summed E-state index contributed by atoms with van der Waals surface area (Å²) in [6, 6.07) is 7.75. The third-order valence-corrected chi connectivity index (χ3v) is 3.79. The second-order valence-electron chi connectivity index (χ2n) is 5.81. The predicted octanol–water partition coefficient (Wildman–Crippen LogP) is 3.62. The summed E-state index contributed by atoms with van der Waals surface area (Å²) in [5.74, 6) is 0.370. The summed E-state index contributed by atoms with van der Waals surface area (Å²) >= 11 is 0. The van der Waals surface area contributed by atoms with E-state index in [1.807, 2.05) is 43.0 Å². The molecule has 3 nitrogen and oxygen atoms in total. The number of benzene rings is 1. The smallest absolute Gasteiger partial charge is 0.369 e. The second kappa shape index (κ2) is 5.58. The lowest BCUT2D eigenvalue weighted by Gasteiger charge is -2.36. The van der Waals surface area contributed by atoms with Crippen LogP contribution < -0.4 is 10.6 Å². The van der Waals surface area contributed by atoms with Crippen LogP contribution in [0.5, 0.6) is 0 Å². The minimum atomic E-state index is -4.12. The van der Waals surface area contributed by atoms with Gasteiger partial charge in [0.05, 0.1) is 12.1 Å². The molecule has 0 bridgehead atoms. The molecule has 21 heavy (non-hydrogen) atoms. The Morgan fingerprint density at radius 3 is 2.71 bits per heavy atom. The van der Waals surface area contributed by atoms with Gasteiger partial charge in [0, 0.05) is 12.1 Å². The van der Waals surface area contributed by atoms with Crippen LogP contribution in [0.4, 0.5) is 18.9 Å². The van der Waals surface area contributed by atoms with Gasteiger partial charge in [-0.05, 0) is 44.4 Å². The zero-order valence-corrected chi connectivity index (χ0v) is 12.2. The van der Waals surface area contributed by atoms with Crippen molar-refractivity contribution in [2.24, 2.45) is 10.7 Å². The molecule has 0 radical (unpaired) electrons. The molecule has 2 N–H and O–H groups in total. The lowest BCUT2D eigenvalue weighted by atomic mass is 9.93. The minimum Gasteiger partial charge on any atom is -0.369 e. The van der Waals surface area contributed by atoms with Crippen molar-refractivity contribution in [3.63, 3.8) is 0 Å². The Labute approximate surface area is 122 Å². The minimum absolute atomic E-state index is 0.0745. The highest BCUT2D eigenvalue weighted by Gasteiger charge is 2.39. The highest BCUT2D eigenvalue weighted by Crippen LogP contribution is 2.34. The third kappa shape index (κ3) is 3.68. The average molecular weight is 299 g/mol. The van der Waals surface area contributed by atoms with Gasteiger partial charge in [-0.3, -0.25) is 4.99 Å². The first-order chi connectivity index (χ1) is 9.71. The maximum atomic E-state index is 12.3. The Morgan fingerprint density at radius 2 is 2.10 bits per heavy atom. The number of hydrogen-bond donors (Lipinski definition) is 1. The quantitative estimate of drug-likeness (QED) is 0.922. The zero-order chi connectivity index (χ0) is 15.7.